The number of aliphatic hydroxyl groups is 1. The number of hydrogen-bond acceptors (Lipinski definition) is 16. The van der Waals surface area contributed by atoms with E-state index in [0.29, 0.717) is 51.4 Å². The van der Waals surface area contributed by atoms with Gasteiger partial charge < -0.3 is 59.1 Å². The maximum atomic E-state index is 14.8. The molecule has 1 aliphatic rings. The summed E-state index contributed by atoms with van der Waals surface area (Å²) >= 11 is 0. The van der Waals surface area contributed by atoms with E-state index >= 15 is 0 Å². The van der Waals surface area contributed by atoms with Crippen molar-refractivity contribution in [1.82, 2.24) is 10.6 Å². The number of carbonyl (C=O) groups is 7. The quantitative estimate of drug-likeness (QED) is 0.0143. The van der Waals surface area contributed by atoms with Crippen LogP contribution in [-0.4, -0.2) is 130 Å². The summed E-state index contributed by atoms with van der Waals surface area (Å²) in [6, 6.07) is -3.60. The van der Waals surface area contributed by atoms with Gasteiger partial charge in [0.05, 0.1) is 32.5 Å². The van der Waals surface area contributed by atoms with Crippen LogP contribution in [0.15, 0.2) is 0 Å². The van der Waals surface area contributed by atoms with Gasteiger partial charge in [-0.3, -0.25) is 33.3 Å². The minimum absolute atomic E-state index is 0.125. The van der Waals surface area contributed by atoms with Crippen molar-refractivity contribution < 1.29 is 91.1 Å². The third kappa shape index (κ3) is 55.4. The lowest BCUT2D eigenvalue weighted by Crippen LogP contribution is -2.66. The van der Waals surface area contributed by atoms with Crippen LogP contribution in [-0.2, 0) is 71.1 Å². The summed E-state index contributed by atoms with van der Waals surface area (Å²) < 4.78 is 54.9. The number of phosphoric acid groups is 1. The van der Waals surface area contributed by atoms with E-state index in [0.717, 1.165) is 225 Å². The third-order valence-corrected chi connectivity index (χ3v) is 20.2. The second-order valence-electron chi connectivity index (χ2n) is 29.5. The van der Waals surface area contributed by atoms with Crippen molar-refractivity contribution in [3.8, 4) is 0 Å². The largest absolute Gasteiger partial charge is 0.480 e. The van der Waals surface area contributed by atoms with E-state index in [2.05, 4.69) is 52.2 Å². The summed E-state index contributed by atoms with van der Waals surface area (Å²) in [5, 5.41) is 26.9. The molecule has 0 aliphatic carbocycles. The Kier molecular flexibility index (Phi) is 62.8. The molecule has 0 aromatic carbocycles. The number of amides is 2. The first-order valence-corrected chi connectivity index (χ1v) is 43.6. The molecule has 1 heterocycles. The summed E-state index contributed by atoms with van der Waals surface area (Å²) in [7, 11) is -5.56. The number of carboxylic acids is 1. The second kappa shape index (κ2) is 66.5. The first-order chi connectivity index (χ1) is 49.8. The number of nitrogens with one attached hydrogen (secondary N) is 2. The highest BCUT2D eigenvalue weighted by Crippen LogP contribution is 2.42. The van der Waals surface area contributed by atoms with Crippen LogP contribution in [0.2, 0.25) is 0 Å². The number of aliphatic carboxylic acids is 1. The van der Waals surface area contributed by atoms with E-state index < -0.39 is 131 Å². The molecule has 0 unspecified atom stereocenters. The number of hydrogen-bond donors (Lipinski definition) is 6. The summed E-state index contributed by atoms with van der Waals surface area (Å²) in [6.45, 7) is 11.1. The van der Waals surface area contributed by atoms with Crippen molar-refractivity contribution in [3.05, 3.63) is 0 Å². The number of phosphoric ester groups is 1. The van der Waals surface area contributed by atoms with Crippen LogP contribution in [0.3, 0.4) is 0 Å². The molecule has 0 radical (unpaired) electrons. The van der Waals surface area contributed by atoms with Gasteiger partial charge in [0.25, 0.3) is 0 Å². The summed E-state index contributed by atoms with van der Waals surface area (Å²) in [4.78, 5) is 118. The molecule has 103 heavy (non-hydrogen) atoms. The predicted octanol–water partition coefficient (Wildman–Crippen LogP) is 19.3. The normalized spacial score (nSPS) is 17.3. The Morgan fingerprint density at radius 3 is 1.01 bits per heavy atom. The molecule has 6 N–H and O–H groups in total. The Labute approximate surface area is 624 Å². The van der Waals surface area contributed by atoms with Gasteiger partial charge in [-0.05, 0) is 57.8 Å². The highest BCUT2D eigenvalue weighted by molar-refractivity contribution is 7.46. The highest BCUT2D eigenvalue weighted by atomic mass is 31.2. The van der Waals surface area contributed by atoms with Crippen molar-refractivity contribution in [3.63, 3.8) is 0 Å². The number of rotatable bonds is 73. The van der Waals surface area contributed by atoms with Gasteiger partial charge in [0.1, 0.15) is 36.6 Å². The molecule has 1 rings (SSSR count). The number of unbranched alkanes of at least 4 members (excludes halogenated alkanes) is 42. The molecule has 1 saturated heterocycles. The van der Waals surface area contributed by atoms with Gasteiger partial charge in [-0.2, -0.15) is 0 Å². The fourth-order valence-corrected chi connectivity index (χ4v) is 14.1. The number of ether oxygens (including phenoxy) is 6. The molecule has 0 aromatic rings. The van der Waals surface area contributed by atoms with E-state index in [1.54, 1.807) is 0 Å². The smallest absolute Gasteiger partial charge is 0.470 e. The molecule has 9 atom stereocenters. The molecule has 0 saturated carbocycles. The first kappa shape index (κ1) is 97.3. The number of carboxylic acid groups (broad SMARTS) is 1. The van der Waals surface area contributed by atoms with Crippen LogP contribution in [0.25, 0.3) is 0 Å². The van der Waals surface area contributed by atoms with Crippen LogP contribution in [0.4, 0.5) is 0 Å². The van der Waals surface area contributed by atoms with Gasteiger partial charge in [-0.15, -0.1) is 0 Å². The van der Waals surface area contributed by atoms with E-state index in [4.69, 9.17) is 32.9 Å². The fourth-order valence-electron chi connectivity index (χ4n) is 13.5. The molecular formula is C81H151N2O19P. The zero-order chi connectivity index (χ0) is 75.8. The average molecular weight is 1490 g/mol. The topological polar surface area (TPSA) is 306 Å². The molecular weight excluding hydrogens is 1340 g/mol. The van der Waals surface area contributed by atoms with E-state index in [9.17, 15) is 58.1 Å². The van der Waals surface area contributed by atoms with Crippen LogP contribution >= 0.6 is 7.82 Å². The zero-order valence-electron chi connectivity index (χ0n) is 65.8. The molecule has 0 bridgehead atoms. The number of aliphatic hydroxyl groups excluding tert-OH is 1. The van der Waals surface area contributed by atoms with Crippen molar-refractivity contribution in [2.24, 2.45) is 0 Å². The predicted molar refractivity (Wildman–Crippen MR) is 407 cm³/mol. The standard InChI is InChI=1S/C81H151N2O19P/c1-7-13-19-25-31-34-40-43-49-55-66(97-73(87)58-52-46-37-28-22-16-10-4)61-71(85)82-69(80(91)92)65-96-81-77(83-72(86)62-67(56-50-44-41-35-32-26-20-14-8-2)98-74(88)59-53-47-38-29-23-17-11-5)79(78(70(64-84)100-81)102-103(93,94)95)101-76(90)63-68(57-51-45-42-36-33-27-21-15-9-3)99-75(89)60-54-48-39-30-24-18-12-6/h66-70,77-79,81,84H,7-65H2,1-6H3,(H,82,85)(H,83,86)(H,91,92)(H2,93,94,95)/t66-,67-,68-,69-,70+,77+,78+,79+,81+/m0/s1. The molecule has 0 aromatic heterocycles. The summed E-state index contributed by atoms with van der Waals surface area (Å²) in [5.41, 5.74) is 0. The first-order valence-electron chi connectivity index (χ1n) is 42.1. The maximum absolute atomic E-state index is 14.8. The lowest BCUT2D eigenvalue weighted by molar-refractivity contribution is -0.272. The number of carbonyl (C=O) groups excluding carboxylic acids is 6. The van der Waals surface area contributed by atoms with Gasteiger partial charge in [-0.25, -0.2) is 9.36 Å². The SMILES string of the molecule is CCCCCCCCCCC[C@@H](CC(=O)N[C@H]1[C@H](OC[C@H](NC(=O)C[C@H](CCCCCCCCCCC)OC(=O)CCCCCCCCC)C(=O)O)O[C@H](CO)[C@@H](OP(=O)(O)O)[C@@H]1OC(=O)C[C@H](CCCCCCCCCCC)OC(=O)CCCCCCCCC)OC(=O)CCCCCCCCC. The highest BCUT2D eigenvalue weighted by Gasteiger charge is 2.52. The van der Waals surface area contributed by atoms with Gasteiger partial charge in [0.15, 0.2) is 18.4 Å². The molecule has 1 aliphatic heterocycles. The summed E-state index contributed by atoms with van der Waals surface area (Å²) in [6.07, 6.45) is 38.1. The molecule has 2 amide bonds. The molecule has 0 spiro atoms. The Hall–Kier alpha value is -3.72. The van der Waals surface area contributed by atoms with E-state index in [1.165, 1.54) is 44.9 Å². The number of esters is 4. The van der Waals surface area contributed by atoms with Gasteiger partial charge in [-0.1, -0.05) is 311 Å². The van der Waals surface area contributed by atoms with E-state index in [-0.39, 0.29) is 32.1 Å². The van der Waals surface area contributed by atoms with Gasteiger partial charge in [0, 0.05) is 19.3 Å². The summed E-state index contributed by atoms with van der Waals surface area (Å²) in [5.74, 6) is -5.54. The lowest BCUT2D eigenvalue weighted by Gasteiger charge is -2.45. The Bertz CT molecular complexity index is 2170. The second-order valence-corrected chi connectivity index (χ2v) is 30.7. The minimum atomic E-state index is -5.56. The molecule has 604 valence electrons. The van der Waals surface area contributed by atoms with Crippen LogP contribution < -0.4 is 10.6 Å². The van der Waals surface area contributed by atoms with Crippen LogP contribution in [0, 0.1) is 0 Å². The third-order valence-electron chi connectivity index (χ3n) is 19.7. The van der Waals surface area contributed by atoms with Crippen molar-refractivity contribution in [2.75, 3.05) is 13.2 Å². The molecule has 21 nitrogen and oxygen atoms in total. The van der Waals surface area contributed by atoms with Crippen molar-refractivity contribution in [2.45, 2.75) is 463 Å². The monoisotopic (exact) mass is 1490 g/mol. The van der Waals surface area contributed by atoms with Gasteiger partial charge in [0.2, 0.25) is 11.8 Å². The van der Waals surface area contributed by atoms with Gasteiger partial charge >= 0.3 is 37.7 Å². The molecule has 22 heteroatoms. The van der Waals surface area contributed by atoms with Crippen LogP contribution in [0.1, 0.15) is 408 Å². The maximum Gasteiger partial charge on any atom is 0.470 e. The average Bonchev–Trinajstić information content (AvgIpc) is 0.780. The van der Waals surface area contributed by atoms with Crippen molar-refractivity contribution in [1.29, 1.82) is 0 Å². The Morgan fingerprint density at radius 2 is 0.699 bits per heavy atom. The molecule has 1 fully saturated rings. The Morgan fingerprint density at radius 1 is 0.398 bits per heavy atom. The lowest BCUT2D eigenvalue weighted by atomic mass is 9.95. The van der Waals surface area contributed by atoms with E-state index in [1.807, 2.05) is 0 Å². The van der Waals surface area contributed by atoms with Crippen molar-refractivity contribution >= 4 is 49.5 Å². The Balaban J connectivity index is 3.85. The zero-order valence-corrected chi connectivity index (χ0v) is 66.7. The fraction of sp³-hybridized carbons (Fsp3) is 0.914. The minimum Gasteiger partial charge on any atom is -0.480 e. The van der Waals surface area contributed by atoms with Crippen LogP contribution in [0.5, 0.6) is 0 Å².